The van der Waals surface area contributed by atoms with Crippen LogP contribution in [-0.2, 0) is 0 Å². The van der Waals surface area contributed by atoms with E-state index in [1.54, 1.807) is 0 Å². The minimum atomic E-state index is 0.0879. The van der Waals surface area contributed by atoms with E-state index in [9.17, 15) is 0 Å². The summed E-state index contributed by atoms with van der Waals surface area (Å²) in [5.74, 6) is 5.31. The first-order valence-electron chi connectivity index (χ1n) is 4.38. The van der Waals surface area contributed by atoms with Gasteiger partial charge in [0.1, 0.15) is 0 Å². The predicted octanol–water partition coefficient (Wildman–Crippen LogP) is 0.534. The SMILES string of the molecule is Cc1cccc(C(CO)CNN)c1. The summed E-state index contributed by atoms with van der Waals surface area (Å²) < 4.78 is 0. The lowest BCUT2D eigenvalue weighted by Gasteiger charge is -2.13. The zero-order chi connectivity index (χ0) is 9.68. The molecule has 0 bridgehead atoms. The van der Waals surface area contributed by atoms with Gasteiger partial charge in [-0.25, -0.2) is 0 Å². The highest BCUT2D eigenvalue weighted by atomic mass is 16.3. The van der Waals surface area contributed by atoms with Gasteiger partial charge in [0, 0.05) is 12.5 Å². The Bertz CT molecular complexity index is 263. The number of hydrogen-bond donors (Lipinski definition) is 3. The van der Waals surface area contributed by atoms with Crippen molar-refractivity contribution in [1.82, 2.24) is 5.43 Å². The van der Waals surface area contributed by atoms with Gasteiger partial charge >= 0.3 is 0 Å². The van der Waals surface area contributed by atoms with Crippen LogP contribution >= 0.6 is 0 Å². The quantitative estimate of drug-likeness (QED) is 0.468. The maximum atomic E-state index is 9.11. The number of rotatable bonds is 4. The van der Waals surface area contributed by atoms with Crippen LogP contribution in [0.25, 0.3) is 0 Å². The van der Waals surface area contributed by atoms with Crippen LogP contribution in [0.3, 0.4) is 0 Å². The molecule has 0 heterocycles. The van der Waals surface area contributed by atoms with Gasteiger partial charge in [0.2, 0.25) is 0 Å². The van der Waals surface area contributed by atoms with E-state index in [0.717, 1.165) is 5.56 Å². The second-order valence-electron chi connectivity index (χ2n) is 3.20. The number of nitrogens with one attached hydrogen (secondary N) is 1. The molecule has 3 heteroatoms. The van der Waals surface area contributed by atoms with E-state index < -0.39 is 0 Å². The molecule has 0 saturated carbocycles. The topological polar surface area (TPSA) is 58.3 Å². The Morgan fingerprint density at radius 2 is 2.31 bits per heavy atom. The Morgan fingerprint density at radius 1 is 1.54 bits per heavy atom. The molecule has 1 atom stereocenters. The van der Waals surface area contributed by atoms with Gasteiger partial charge in [0.15, 0.2) is 0 Å². The van der Waals surface area contributed by atoms with Gasteiger partial charge in [-0.1, -0.05) is 29.8 Å². The number of hydrogen-bond acceptors (Lipinski definition) is 3. The fraction of sp³-hybridized carbons (Fsp3) is 0.400. The van der Waals surface area contributed by atoms with Gasteiger partial charge in [-0.3, -0.25) is 11.3 Å². The van der Waals surface area contributed by atoms with Crippen molar-refractivity contribution >= 4 is 0 Å². The van der Waals surface area contributed by atoms with Gasteiger partial charge < -0.3 is 5.11 Å². The predicted molar refractivity (Wildman–Crippen MR) is 53.2 cm³/mol. The van der Waals surface area contributed by atoms with Crippen LogP contribution in [-0.4, -0.2) is 18.3 Å². The van der Waals surface area contributed by atoms with Crippen LogP contribution in [0.5, 0.6) is 0 Å². The average Bonchev–Trinajstić information content (AvgIpc) is 2.14. The molecule has 0 aliphatic carbocycles. The first-order valence-corrected chi connectivity index (χ1v) is 4.38. The van der Waals surface area contributed by atoms with Crippen LogP contribution in [0.2, 0.25) is 0 Å². The molecule has 3 nitrogen and oxygen atoms in total. The fourth-order valence-corrected chi connectivity index (χ4v) is 1.35. The highest BCUT2D eigenvalue weighted by molar-refractivity contribution is 5.25. The normalized spacial score (nSPS) is 12.8. The summed E-state index contributed by atoms with van der Waals surface area (Å²) in [6, 6.07) is 8.10. The van der Waals surface area contributed by atoms with Crippen molar-refractivity contribution in [3.63, 3.8) is 0 Å². The average molecular weight is 180 g/mol. The summed E-state index contributed by atoms with van der Waals surface area (Å²) in [7, 11) is 0. The highest BCUT2D eigenvalue weighted by Crippen LogP contribution is 2.15. The summed E-state index contributed by atoms with van der Waals surface area (Å²) >= 11 is 0. The number of aliphatic hydroxyl groups excluding tert-OH is 1. The van der Waals surface area contributed by atoms with Crippen molar-refractivity contribution in [1.29, 1.82) is 0 Å². The molecule has 0 radical (unpaired) electrons. The van der Waals surface area contributed by atoms with E-state index in [1.807, 2.05) is 25.1 Å². The van der Waals surface area contributed by atoms with Gasteiger partial charge in [-0.05, 0) is 12.5 Å². The van der Waals surface area contributed by atoms with Crippen molar-refractivity contribution in [3.05, 3.63) is 35.4 Å². The lowest BCUT2D eigenvalue weighted by atomic mass is 9.98. The molecule has 0 aliphatic rings. The minimum absolute atomic E-state index is 0.0879. The van der Waals surface area contributed by atoms with Crippen LogP contribution < -0.4 is 11.3 Å². The molecule has 4 N–H and O–H groups in total. The maximum absolute atomic E-state index is 9.11. The first kappa shape index (κ1) is 10.2. The molecule has 1 aromatic rings. The Hall–Kier alpha value is -0.900. The summed E-state index contributed by atoms with van der Waals surface area (Å²) in [6.07, 6.45) is 0. The number of nitrogens with two attached hydrogens (primary N) is 1. The molecule has 13 heavy (non-hydrogen) atoms. The number of benzene rings is 1. The zero-order valence-electron chi connectivity index (χ0n) is 7.83. The van der Waals surface area contributed by atoms with Crippen LogP contribution in [0.1, 0.15) is 17.0 Å². The van der Waals surface area contributed by atoms with Crippen molar-refractivity contribution < 1.29 is 5.11 Å². The molecule has 0 aromatic heterocycles. The van der Waals surface area contributed by atoms with Gasteiger partial charge in [-0.15, -0.1) is 0 Å². The molecule has 0 fully saturated rings. The summed E-state index contributed by atoms with van der Waals surface area (Å²) in [6.45, 7) is 2.75. The first-order chi connectivity index (χ1) is 6.27. The lowest BCUT2D eigenvalue weighted by molar-refractivity contribution is 0.262. The van der Waals surface area contributed by atoms with Crippen LogP contribution in [0.4, 0.5) is 0 Å². The molecule has 0 aliphatic heterocycles. The third-order valence-corrected chi connectivity index (χ3v) is 2.10. The molecular formula is C10H16N2O. The van der Waals surface area contributed by atoms with E-state index in [-0.39, 0.29) is 12.5 Å². The van der Waals surface area contributed by atoms with Gasteiger partial charge in [0.05, 0.1) is 6.61 Å². The molecule has 0 saturated heterocycles. The van der Waals surface area contributed by atoms with E-state index in [4.69, 9.17) is 10.9 Å². The molecular weight excluding hydrogens is 164 g/mol. The number of aryl methyl sites for hydroxylation is 1. The third-order valence-electron chi connectivity index (χ3n) is 2.10. The Kier molecular flexibility index (Phi) is 3.89. The molecule has 0 amide bonds. The van der Waals surface area contributed by atoms with Crippen molar-refractivity contribution in [2.75, 3.05) is 13.2 Å². The van der Waals surface area contributed by atoms with Crippen molar-refractivity contribution in [2.24, 2.45) is 5.84 Å². The van der Waals surface area contributed by atoms with E-state index >= 15 is 0 Å². The minimum Gasteiger partial charge on any atom is -0.396 e. The summed E-state index contributed by atoms with van der Waals surface area (Å²) in [4.78, 5) is 0. The number of aliphatic hydroxyl groups is 1. The fourth-order valence-electron chi connectivity index (χ4n) is 1.35. The third kappa shape index (κ3) is 2.81. The van der Waals surface area contributed by atoms with Crippen molar-refractivity contribution in [2.45, 2.75) is 12.8 Å². The highest BCUT2D eigenvalue weighted by Gasteiger charge is 2.08. The molecule has 0 spiro atoms. The standard InChI is InChI=1S/C10H16N2O/c1-8-3-2-4-9(5-8)10(7-13)6-12-11/h2-5,10,12-13H,6-7,11H2,1H3. The second kappa shape index (κ2) is 4.97. The molecule has 72 valence electrons. The monoisotopic (exact) mass is 180 g/mol. The van der Waals surface area contributed by atoms with E-state index in [1.165, 1.54) is 5.56 Å². The second-order valence-corrected chi connectivity index (χ2v) is 3.20. The molecule has 1 aromatic carbocycles. The van der Waals surface area contributed by atoms with E-state index in [2.05, 4.69) is 11.5 Å². The largest absolute Gasteiger partial charge is 0.396 e. The van der Waals surface area contributed by atoms with Crippen LogP contribution in [0.15, 0.2) is 24.3 Å². The summed E-state index contributed by atoms with van der Waals surface area (Å²) in [5, 5.41) is 9.11. The van der Waals surface area contributed by atoms with Crippen LogP contribution in [0, 0.1) is 6.92 Å². The lowest BCUT2D eigenvalue weighted by Crippen LogP contribution is -2.29. The Morgan fingerprint density at radius 3 is 2.85 bits per heavy atom. The summed E-state index contributed by atoms with van der Waals surface area (Å²) in [5.41, 5.74) is 4.90. The van der Waals surface area contributed by atoms with E-state index in [0.29, 0.717) is 6.54 Å². The molecule has 1 unspecified atom stereocenters. The van der Waals surface area contributed by atoms with Gasteiger partial charge in [0.25, 0.3) is 0 Å². The van der Waals surface area contributed by atoms with Crippen molar-refractivity contribution in [3.8, 4) is 0 Å². The zero-order valence-corrected chi connectivity index (χ0v) is 7.83. The Balaban J connectivity index is 2.78. The maximum Gasteiger partial charge on any atom is 0.0512 e. The number of hydrazine groups is 1. The molecule has 1 rings (SSSR count). The van der Waals surface area contributed by atoms with Gasteiger partial charge in [-0.2, -0.15) is 0 Å². The Labute approximate surface area is 78.5 Å². The smallest absolute Gasteiger partial charge is 0.0512 e.